The number of piperidine rings is 1. The Labute approximate surface area is 102 Å². The fourth-order valence-electron chi connectivity index (χ4n) is 2.63. The van der Waals surface area contributed by atoms with E-state index in [9.17, 15) is 13.2 Å². The highest BCUT2D eigenvalue weighted by atomic mass is 19.4. The Morgan fingerprint density at radius 1 is 1.28 bits per heavy atom. The SMILES string of the molecule is FC(F)(F)c1cccc(OCC2[C@H]3CNC[C@@H]23)n1. The molecule has 1 aliphatic carbocycles. The van der Waals surface area contributed by atoms with Crippen LogP contribution >= 0.6 is 0 Å². The molecular formula is C12H13F3N2O. The number of pyridine rings is 1. The van der Waals surface area contributed by atoms with Crippen molar-refractivity contribution in [2.24, 2.45) is 17.8 Å². The molecule has 0 amide bonds. The maximum absolute atomic E-state index is 12.4. The van der Waals surface area contributed by atoms with Crippen molar-refractivity contribution in [3.63, 3.8) is 0 Å². The van der Waals surface area contributed by atoms with Crippen molar-refractivity contribution >= 4 is 0 Å². The van der Waals surface area contributed by atoms with E-state index in [4.69, 9.17) is 4.74 Å². The van der Waals surface area contributed by atoms with Crippen LogP contribution in [0.4, 0.5) is 13.2 Å². The Bertz CT molecular complexity index is 439. The van der Waals surface area contributed by atoms with E-state index in [0.717, 1.165) is 19.2 Å². The lowest BCUT2D eigenvalue weighted by molar-refractivity contribution is -0.141. The summed E-state index contributed by atoms with van der Waals surface area (Å²) in [5.41, 5.74) is -0.905. The Kier molecular flexibility index (Phi) is 2.69. The summed E-state index contributed by atoms with van der Waals surface area (Å²) in [6, 6.07) is 3.73. The highest BCUT2D eigenvalue weighted by Crippen LogP contribution is 2.48. The number of alkyl halides is 3. The molecular weight excluding hydrogens is 245 g/mol. The molecule has 1 aromatic rings. The highest BCUT2D eigenvalue weighted by Gasteiger charge is 2.53. The number of nitrogens with zero attached hydrogens (tertiary/aromatic N) is 1. The average Bonchev–Trinajstić information content (AvgIpc) is 2.77. The lowest BCUT2D eigenvalue weighted by atomic mass is 10.3. The van der Waals surface area contributed by atoms with Crippen LogP contribution in [0.25, 0.3) is 0 Å². The number of aromatic nitrogens is 1. The quantitative estimate of drug-likeness (QED) is 0.899. The predicted molar refractivity (Wildman–Crippen MR) is 58.1 cm³/mol. The van der Waals surface area contributed by atoms with Crippen LogP contribution < -0.4 is 10.1 Å². The zero-order valence-electron chi connectivity index (χ0n) is 9.57. The van der Waals surface area contributed by atoms with Gasteiger partial charge < -0.3 is 10.1 Å². The summed E-state index contributed by atoms with van der Waals surface area (Å²) < 4.78 is 42.7. The standard InChI is InChI=1S/C12H13F3N2O/c13-12(14,15)10-2-1-3-11(17-10)18-6-9-7-4-16-5-8(7)9/h1-3,7-9,16H,4-6H2/t7-,8+,9?. The Hall–Kier alpha value is -1.30. The van der Waals surface area contributed by atoms with Gasteiger partial charge in [-0.15, -0.1) is 0 Å². The van der Waals surface area contributed by atoms with E-state index in [2.05, 4.69) is 10.3 Å². The van der Waals surface area contributed by atoms with Gasteiger partial charge in [0.15, 0.2) is 0 Å². The normalized spacial score (nSPS) is 30.1. The molecule has 1 unspecified atom stereocenters. The van der Waals surface area contributed by atoms with Crippen molar-refractivity contribution in [3.8, 4) is 5.88 Å². The largest absolute Gasteiger partial charge is 0.477 e. The Balaban J connectivity index is 1.60. The molecule has 0 bridgehead atoms. The van der Waals surface area contributed by atoms with Gasteiger partial charge in [0.05, 0.1) is 6.61 Å². The van der Waals surface area contributed by atoms with E-state index < -0.39 is 11.9 Å². The van der Waals surface area contributed by atoms with Crippen molar-refractivity contribution in [2.75, 3.05) is 19.7 Å². The molecule has 0 spiro atoms. The van der Waals surface area contributed by atoms with Crippen molar-refractivity contribution in [1.82, 2.24) is 10.3 Å². The summed E-state index contributed by atoms with van der Waals surface area (Å²) in [6.45, 7) is 2.45. The van der Waals surface area contributed by atoms with Gasteiger partial charge in [0, 0.05) is 12.0 Å². The lowest BCUT2D eigenvalue weighted by Crippen LogP contribution is -2.18. The van der Waals surface area contributed by atoms with Gasteiger partial charge in [0.25, 0.3) is 0 Å². The first-order valence-corrected chi connectivity index (χ1v) is 5.93. The van der Waals surface area contributed by atoms with Crippen LogP contribution in [0.3, 0.4) is 0 Å². The average molecular weight is 258 g/mol. The van der Waals surface area contributed by atoms with E-state index in [1.165, 1.54) is 12.1 Å². The maximum Gasteiger partial charge on any atom is 0.433 e. The van der Waals surface area contributed by atoms with Gasteiger partial charge in [-0.3, -0.25) is 0 Å². The molecule has 1 aromatic heterocycles. The van der Waals surface area contributed by atoms with E-state index in [0.29, 0.717) is 24.4 Å². The van der Waals surface area contributed by atoms with Gasteiger partial charge in [-0.1, -0.05) is 6.07 Å². The summed E-state index contributed by atoms with van der Waals surface area (Å²) in [5, 5.41) is 3.26. The third-order valence-electron chi connectivity index (χ3n) is 3.71. The molecule has 2 heterocycles. The van der Waals surface area contributed by atoms with Gasteiger partial charge in [-0.05, 0) is 31.0 Å². The number of hydrogen-bond acceptors (Lipinski definition) is 3. The van der Waals surface area contributed by atoms with Crippen LogP contribution in [0.15, 0.2) is 18.2 Å². The minimum Gasteiger partial charge on any atom is -0.477 e. The van der Waals surface area contributed by atoms with Crippen LogP contribution in [0.2, 0.25) is 0 Å². The number of nitrogens with one attached hydrogen (secondary N) is 1. The van der Waals surface area contributed by atoms with Crippen molar-refractivity contribution in [2.45, 2.75) is 6.18 Å². The number of ether oxygens (including phenoxy) is 1. The molecule has 6 heteroatoms. The van der Waals surface area contributed by atoms with E-state index in [1.54, 1.807) is 0 Å². The number of fused-ring (bicyclic) bond motifs is 1. The van der Waals surface area contributed by atoms with Gasteiger partial charge in [0.2, 0.25) is 5.88 Å². The zero-order chi connectivity index (χ0) is 12.8. The molecule has 2 aliphatic rings. The van der Waals surface area contributed by atoms with E-state index in [1.807, 2.05) is 0 Å². The number of rotatable bonds is 3. The second-order valence-corrected chi connectivity index (χ2v) is 4.82. The summed E-state index contributed by atoms with van der Waals surface area (Å²) in [6.07, 6.45) is -4.42. The molecule has 1 saturated carbocycles. The smallest absolute Gasteiger partial charge is 0.433 e. The van der Waals surface area contributed by atoms with Gasteiger partial charge in [-0.2, -0.15) is 13.2 Å². The van der Waals surface area contributed by atoms with E-state index in [-0.39, 0.29) is 5.88 Å². The lowest BCUT2D eigenvalue weighted by Gasteiger charge is -2.10. The van der Waals surface area contributed by atoms with Crippen LogP contribution in [0, 0.1) is 17.8 Å². The first kappa shape index (κ1) is 11.8. The first-order valence-electron chi connectivity index (χ1n) is 5.93. The molecule has 3 atom stereocenters. The zero-order valence-corrected chi connectivity index (χ0v) is 9.57. The second kappa shape index (κ2) is 4.12. The molecule has 1 aliphatic heterocycles. The van der Waals surface area contributed by atoms with Gasteiger partial charge in [-0.25, -0.2) is 4.98 Å². The third kappa shape index (κ3) is 2.16. The minimum atomic E-state index is -4.42. The molecule has 1 N–H and O–H groups in total. The minimum absolute atomic E-state index is 0.0581. The molecule has 3 nitrogen and oxygen atoms in total. The summed E-state index contributed by atoms with van der Waals surface area (Å²) in [5.74, 6) is 1.80. The van der Waals surface area contributed by atoms with Crippen LogP contribution in [-0.2, 0) is 6.18 Å². The second-order valence-electron chi connectivity index (χ2n) is 4.82. The molecule has 2 fully saturated rings. The first-order chi connectivity index (χ1) is 8.55. The van der Waals surface area contributed by atoms with E-state index >= 15 is 0 Å². The third-order valence-corrected chi connectivity index (χ3v) is 3.71. The molecule has 0 radical (unpaired) electrons. The number of halogens is 3. The van der Waals surface area contributed by atoms with Crippen molar-refractivity contribution in [1.29, 1.82) is 0 Å². The van der Waals surface area contributed by atoms with Crippen molar-refractivity contribution < 1.29 is 17.9 Å². The molecule has 1 saturated heterocycles. The predicted octanol–water partition coefficient (Wildman–Crippen LogP) is 1.94. The topological polar surface area (TPSA) is 34.1 Å². The fraction of sp³-hybridized carbons (Fsp3) is 0.583. The van der Waals surface area contributed by atoms with Crippen molar-refractivity contribution in [3.05, 3.63) is 23.9 Å². The Morgan fingerprint density at radius 3 is 2.67 bits per heavy atom. The molecule has 18 heavy (non-hydrogen) atoms. The summed E-state index contributed by atoms with van der Waals surface area (Å²) in [4.78, 5) is 3.47. The van der Waals surface area contributed by atoms with Gasteiger partial charge in [0.1, 0.15) is 5.69 Å². The molecule has 0 aromatic carbocycles. The van der Waals surface area contributed by atoms with Crippen LogP contribution in [0.5, 0.6) is 5.88 Å². The molecule has 98 valence electrons. The Morgan fingerprint density at radius 2 is 2.00 bits per heavy atom. The van der Waals surface area contributed by atoms with Crippen LogP contribution in [0.1, 0.15) is 5.69 Å². The highest BCUT2D eigenvalue weighted by molar-refractivity contribution is 5.18. The van der Waals surface area contributed by atoms with Crippen LogP contribution in [-0.4, -0.2) is 24.7 Å². The van der Waals surface area contributed by atoms with Gasteiger partial charge >= 0.3 is 6.18 Å². The summed E-state index contributed by atoms with van der Waals surface area (Å²) >= 11 is 0. The summed E-state index contributed by atoms with van der Waals surface area (Å²) in [7, 11) is 0. The number of hydrogen-bond donors (Lipinski definition) is 1. The maximum atomic E-state index is 12.4. The fourth-order valence-corrected chi connectivity index (χ4v) is 2.63. The molecule has 3 rings (SSSR count). The monoisotopic (exact) mass is 258 g/mol.